The Morgan fingerprint density at radius 3 is 2.94 bits per heavy atom. The Morgan fingerprint density at radius 1 is 1.33 bits per heavy atom. The van der Waals surface area contributed by atoms with E-state index in [9.17, 15) is 0 Å². The molecule has 1 aliphatic rings. The van der Waals surface area contributed by atoms with E-state index >= 15 is 0 Å². The maximum Gasteiger partial charge on any atom is 0.127 e. The monoisotopic (exact) mass is 243 g/mol. The number of hydrogen-bond donors (Lipinski definition) is 1. The summed E-state index contributed by atoms with van der Waals surface area (Å²) in [5, 5.41) is 4.66. The molecule has 0 spiro atoms. The molecular formula is C14H19N4. The van der Waals surface area contributed by atoms with Crippen LogP contribution in [0.15, 0.2) is 12.1 Å². The lowest BCUT2D eigenvalue weighted by Crippen LogP contribution is -2.40. The Bertz CT molecular complexity index is 572. The number of aryl methyl sites for hydroxylation is 2. The van der Waals surface area contributed by atoms with E-state index in [1.54, 1.807) is 0 Å². The van der Waals surface area contributed by atoms with E-state index < -0.39 is 0 Å². The Balaban J connectivity index is 2.00. The van der Waals surface area contributed by atoms with Gasteiger partial charge >= 0.3 is 0 Å². The molecule has 1 atom stereocenters. The van der Waals surface area contributed by atoms with Crippen molar-refractivity contribution in [2.75, 3.05) is 26.7 Å². The van der Waals surface area contributed by atoms with Gasteiger partial charge in [-0.15, -0.1) is 0 Å². The van der Waals surface area contributed by atoms with Crippen molar-refractivity contribution in [3.63, 3.8) is 0 Å². The van der Waals surface area contributed by atoms with Crippen LogP contribution in [0.4, 0.5) is 0 Å². The second kappa shape index (κ2) is 4.37. The number of fused-ring (bicyclic) bond motifs is 1. The Hall–Kier alpha value is -1.39. The highest BCUT2D eigenvalue weighted by atomic mass is 15.2. The standard InChI is InChI=1S/C14H19N4/c1-9-4-5-11-13(10(9)2)17-14(16-11)12-8-18(3)7-6-15-12/h4-5,12H,6-8H2,1-3H3,(H,16,17). The molecule has 1 unspecified atom stereocenters. The molecule has 1 aromatic carbocycles. The lowest BCUT2D eigenvalue weighted by molar-refractivity contribution is 0.232. The molecular weight excluding hydrogens is 224 g/mol. The second-order valence-electron chi connectivity index (χ2n) is 5.21. The molecule has 0 aliphatic carbocycles. The van der Waals surface area contributed by atoms with Gasteiger partial charge in [0.15, 0.2) is 0 Å². The minimum atomic E-state index is 0.191. The fourth-order valence-electron chi connectivity index (χ4n) is 2.49. The number of hydrogen-bond acceptors (Lipinski definition) is 2. The molecule has 1 fully saturated rings. The molecule has 1 aromatic heterocycles. The Kier molecular flexibility index (Phi) is 2.84. The SMILES string of the molecule is Cc1ccc2[nH]c(C3CN(C)CC[N]3)nc2c1C. The number of likely N-dealkylation sites (N-methyl/N-ethyl adjacent to an activating group) is 1. The smallest absolute Gasteiger partial charge is 0.127 e. The summed E-state index contributed by atoms with van der Waals surface area (Å²) in [6.45, 7) is 7.16. The summed E-state index contributed by atoms with van der Waals surface area (Å²) < 4.78 is 0. The first-order chi connectivity index (χ1) is 8.65. The van der Waals surface area contributed by atoms with Gasteiger partial charge in [-0.1, -0.05) is 6.07 Å². The molecule has 1 aliphatic heterocycles. The molecule has 4 heteroatoms. The van der Waals surface area contributed by atoms with Crippen LogP contribution in [0.2, 0.25) is 0 Å². The maximum absolute atomic E-state index is 4.76. The molecule has 2 aromatic rings. The van der Waals surface area contributed by atoms with Crippen molar-refractivity contribution in [3.05, 3.63) is 29.1 Å². The summed E-state index contributed by atoms with van der Waals surface area (Å²) in [5.41, 5.74) is 4.77. The molecule has 4 nitrogen and oxygen atoms in total. The summed E-state index contributed by atoms with van der Waals surface area (Å²) in [5.74, 6) is 1.00. The van der Waals surface area contributed by atoms with Gasteiger partial charge in [0.05, 0.1) is 17.1 Å². The van der Waals surface area contributed by atoms with Crippen LogP contribution in [0, 0.1) is 13.8 Å². The fourth-order valence-corrected chi connectivity index (χ4v) is 2.49. The zero-order valence-electron chi connectivity index (χ0n) is 11.2. The molecule has 1 N–H and O–H groups in total. The lowest BCUT2D eigenvalue weighted by Gasteiger charge is -2.28. The van der Waals surface area contributed by atoms with Crippen LogP contribution in [-0.2, 0) is 0 Å². The van der Waals surface area contributed by atoms with Crippen molar-refractivity contribution < 1.29 is 0 Å². The van der Waals surface area contributed by atoms with Gasteiger partial charge in [-0.05, 0) is 38.1 Å². The second-order valence-corrected chi connectivity index (χ2v) is 5.21. The first-order valence-corrected chi connectivity index (χ1v) is 6.46. The fraction of sp³-hybridized carbons (Fsp3) is 0.500. The molecule has 2 heterocycles. The van der Waals surface area contributed by atoms with Crippen LogP contribution in [0.25, 0.3) is 11.0 Å². The Labute approximate surface area is 107 Å². The zero-order valence-corrected chi connectivity index (χ0v) is 11.2. The first-order valence-electron chi connectivity index (χ1n) is 6.46. The summed E-state index contributed by atoms with van der Waals surface area (Å²) >= 11 is 0. The number of piperazine rings is 1. The van der Waals surface area contributed by atoms with Gasteiger partial charge in [-0.3, -0.25) is 0 Å². The van der Waals surface area contributed by atoms with Gasteiger partial charge in [0.1, 0.15) is 5.82 Å². The number of benzene rings is 1. The van der Waals surface area contributed by atoms with Crippen molar-refractivity contribution in [1.82, 2.24) is 20.2 Å². The highest BCUT2D eigenvalue weighted by Crippen LogP contribution is 2.23. The van der Waals surface area contributed by atoms with Gasteiger partial charge in [0.25, 0.3) is 0 Å². The van der Waals surface area contributed by atoms with Crippen LogP contribution in [0.3, 0.4) is 0 Å². The molecule has 1 radical (unpaired) electrons. The molecule has 0 bridgehead atoms. The molecule has 0 amide bonds. The quantitative estimate of drug-likeness (QED) is 0.829. The van der Waals surface area contributed by atoms with E-state index in [4.69, 9.17) is 4.98 Å². The molecule has 95 valence electrons. The van der Waals surface area contributed by atoms with Gasteiger partial charge in [0, 0.05) is 19.6 Å². The third-order valence-corrected chi connectivity index (χ3v) is 3.83. The average molecular weight is 243 g/mol. The van der Waals surface area contributed by atoms with Crippen molar-refractivity contribution >= 4 is 11.0 Å². The number of H-pyrrole nitrogens is 1. The average Bonchev–Trinajstić information content (AvgIpc) is 2.79. The topological polar surface area (TPSA) is 46.0 Å². The summed E-state index contributed by atoms with van der Waals surface area (Å²) in [4.78, 5) is 10.5. The van der Waals surface area contributed by atoms with E-state index in [0.29, 0.717) is 0 Å². The van der Waals surface area contributed by atoms with Crippen molar-refractivity contribution in [2.24, 2.45) is 0 Å². The lowest BCUT2D eigenvalue weighted by atomic mass is 10.1. The molecule has 18 heavy (non-hydrogen) atoms. The minimum absolute atomic E-state index is 0.191. The first kappa shape index (κ1) is 11.7. The highest BCUT2D eigenvalue weighted by molar-refractivity contribution is 5.79. The zero-order chi connectivity index (χ0) is 12.7. The van der Waals surface area contributed by atoms with Crippen molar-refractivity contribution in [1.29, 1.82) is 0 Å². The van der Waals surface area contributed by atoms with Crippen LogP contribution in [0.5, 0.6) is 0 Å². The van der Waals surface area contributed by atoms with Crippen molar-refractivity contribution in [2.45, 2.75) is 19.9 Å². The number of aromatic nitrogens is 2. The van der Waals surface area contributed by atoms with Gasteiger partial charge < -0.3 is 9.88 Å². The highest BCUT2D eigenvalue weighted by Gasteiger charge is 2.22. The predicted molar refractivity (Wildman–Crippen MR) is 72.8 cm³/mol. The minimum Gasteiger partial charge on any atom is -0.341 e. The van der Waals surface area contributed by atoms with Gasteiger partial charge in [-0.2, -0.15) is 0 Å². The number of aromatic amines is 1. The van der Waals surface area contributed by atoms with E-state index in [1.807, 2.05) is 0 Å². The van der Waals surface area contributed by atoms with Gasteiger partial charge in [-0.25, -0.2) is 10.3 Å². The summed E-state index contributed by atoms with van der Waals surface area (Å²) in [6, 6.07) is 4.45. The van der Waals surface area contributed by atoms with E-state index in [-0.39, 0.29) is 6.04 Å². The molecule has 0 saturated carbocycles. The van der Waals surface area contributed by atoms with E-state index in [2.05, 4.69) is 48.2 Å². The maximum atomic E-state index is 4.76. The van der Waals surface area contributed by atoms with Crippen LogP contribution in [0.1, 0.15) is 23.0 Å². The third-order valence-electron chi connectivity index (χ3n) is 3.83. The van der Waals surface area contributed by atoms with Gasteiger partial charge in [0.2, 0.25) is 0 Å². The Morgan fingerprint density at radius 2 is 2.17 bits per heavy atom. The normalized spacial score (nSPS) is 21.6. The molecule has 1 saturated heterocycles. The summed E-state index contributed by atoms with van der Waals surface area (Å²) in [7, 11) is 2.14. The van der Waals surface area contributed by atoms with E-state index in [0.717, 1.165) is 36.5 Å². The summed E-state index contributed by atoms with van der Waals surface area (Å²) in [6.07, 6.45) is 0. The largest absolute Gasteiger partial charge is 0.341 e. The number of nitrogens with one attached hydrogen (secondary N) is 1. The molecule has 3 rings (SSSR count). The number of rotatable bonds is 1. The number of imidazole rings is 1. The predicted octanol–water partition coefficient (Wildman–Crippen LogP) is 1.77. The number of nitrogens with zero attached hydrogens (tertiary/aromatic N) is 3. The van der Waals surface area contributed by atoms with Crippen LogP contribution in [-0.4, -0.2) is 41.5 Å². The van der Waals surface area contributed by atoms with Crippen molar-refractivity contribution in [3.8, 4) is 0 Å². The van der Waals surface area contributed by atoms with E-state index in [1.165, 1.54) is 11.1 Å². The third kappa shape index (κ3) is 1.91. The van der Waals surface area contributed by atoms with Crippen LogP contribution < -0.4 is 5.32 Å². The van der Waals surface area contributed by atoms with Crippen LogP contribution >= 0.6 is 0 Å².